The van der Waals surface area contributed by atoms with Crippen molar-refractivity contribution in [2.75, 3.05) is 4.72 Å². The molecule has 3 nitrogen and oxygen atoms in total. The van der Waals surface area contributed by atoms with Gasteiger partial charge in [-0.25, -0.2) is 21.6 Å². The lowest BCUT2D eigenvalue weighted by molar-refractivity contribution is 0.504. The summed E-state index contributed by atoms with van der Waals surface area (Å²) in [6, 6.07) is 5.72. The number of nitrogens with one attached hydrogen (secondary N) is 1. The first-order valence-electron chi connectivity index (χ1n) is 5.22. The predicted molar refractivity (Wildman–Crippen MR) is 76.3 cm³/mol. The maximum atomic E-state index is 13.1. The van der Waals surface area contributed by atoms with E-state index in [0.29, 0.717) is 9.64 Å². The van der Waals surface area contributed by atoms with Gasteiger partial charge in [0.2, 0.25) is 0 Å². The molecule has 20 heavy (non-hydrogen) atoms. The Kier molecular flexibility index (Phi) is 4.23. The molecule has 0 atom stereocenters. The van der Waals surface area contributed by atoms with Crippen LogP contribution in [0, 0.1) is 21.0 Å². The Morgan fingerprint density at radius 1 is 0.950 bits per heavy atom. The molecule has 2 aromatic rings. The summed E-state index contributed by atoms with van der Waals surface area (Å²) in [5, 5.41) is 0. The summed E-state index contributed by atoms with van der Waals surface area (Å²) < 4.78 is 65.3. The second kappa shape index (κ2) is 5.60. The zero-order chi connectivity index (χ0) is 14.9. The van der Waals surface area contributed by atoms with E-state index in [9.17, 15) is 21.6 Å². The molecule has 0 bridgehead atoms. The summed E-state index contributed by atoms with van der Waals surface area (Å²) in [4.78, 5) is -0.420. The maximum Gasteiger partial charge on any atom is 0.262 e. The fourth-order valence-electron chi connectivity index (χ4n) is 1.42. The van der Waals surface area contributed by atoms with Crippen LogP contribution in [-0.4, -0.2) is 8.42 Å². The van der Waals surface area contributed by atoms with Gasteiger partial charge in [-0.05, 0) is 59.0 Å². The third kappa shape index (κ3) is 3.23. The van der Waals surface area contributed by atoms with Crippen molar-refractivity contribution >= 4 is 38.3 Å². The normalized spacial score (nSPS) is 11.4. The molecule has 0 radical (unpaired) electrons. The Bertz CT molecular complexity index is 765. The summed E-state index contributed by atoms with van der Waals surface area (Å²) in [7, 11) is -4.07. The SMILES string of the molecule is O=S(=O)(Nc1ccc(F)cc1I)c1ccc(F)c(F)c1. The second-order valence-corrected chi connectivity index (χ2v) is 6.65. The highest BCUT2D eigenvalue weighted by Crippen LogP contribution is 2.23. The van der Waals surface area contributed by atoms with Gasteiger partial charge in [0.1, 0.15) is 5.82 Å². The average molecular weight is 413 g/mol. The van der Waals surface area contributed by atoms with Crippen molar-refractivity contribution in [3.8, 4) is 0 Å². The van der Waals surface area contributed by atoms with Crippen molar-refractivity contribution in [1.29, 1.82) is 0 Å². The maximum absolute atomic E-state index is 13.1. The summed E-state index contributed by atoms with van der Waals surface area (Å²) in [5.41, 5.74) is 0.150. The summed E-state index contributed by atoms with van der Waals surface area (Å²) >= 11 is 1.76. The molecule has 0 spiro atoms. The standard InChI is InChI=1S/C12H7F3INO2S/c13-7-1-4-12(11(16)5-7)17-20(18,19)8-2-3-9(14)10(15)6-8/h1-6,17H. The van der Waals surface area contributed by atoms with E-state index in [2.05, 4.69) is 4.72 Å². The van der Waals surface area contributed by atoms with Gasteiger partial charge in [-0.2, -0.15) is 0 Å². The van der Waals surface area contributed by atoms with Crippen LogP contribution in [0.25, 0.3) is 0 Å². The third-order valence-corrected chi connectivity index (χ3v) is 4.63. The Hall–Kier alpha value is -1.29. The monoisotopic (exact) mass is 413 g/mol. The molecule has 0 saturated heterocycles. The third-order valence-electron chi connectivity index (χ3n) is 2.38. The van der Waals surface area contributed by atoms with Crippen LogP contribution in [0.1, 0.15) is 0 Å². The molecule has 0 fully saturated rings. The van der Waals surface area contributed by atoms with Crippen LogP contribution in [0.2, 0.25) is 0 Å². The van der Waals surface area contributed by atoms with Crippen LogP contribution in [-0.2, 0) is 10.0 Å². The van der Waals surface area contributed by atoms with Crippen LogP contribution in [0.3, 0.4) is 0 Å². The van der Waals surface area contributed by atoms with Gasteiger partial charge in [-0.1, -0.05) is 0 Å². The minimum Gasteiger partial charge on any atom is -0.279 e. The molecule has 0 aliphatic carbocycles. The minimum atomic E-state index is -4.07. The van der Waals surface area contributed by atoms with Gasteiger partial charge in [-0.3, -0.25) is 4.72 Å². The van der Waals surface area contributed by atoms with Gasteiger partial charge in [0.05, 0.1) is 10.6 Å². The van der Waals surface area contributed by atoms with Crippen molar-refractivity contribution in [2.24, 2.45) is 0 Å². The number of rotatable bonds is 3. The second-order valence-electron chi connectivity index (χ2n) is 3.81. The van der Waals surface area contributed by atoms with E-state index >= 15 is 0 Å². The first-order chi connectivity index (χ1) is 9.29. The van der Waals surface area contributed by atoms with Crippen molar-refractivity contribution in [3.05, 3.63) is 57.4 Å². The molecule has 0 aromatic heterocycles. The molecular weight excluding hydrogens is 406 g/mol. The molecule has 0 heterocycles. The van der Waals surface area contributed by atoms with E-state index in [4.69, 9.17) is 0 Å². The van der Waals surface area contributed by atoms with Crippen LogP contribution in [0.5, 0.6) is 0 Å². The van der Waals surface area contributed by atoms with E-state index in [0.717, 1.165) is 24.3 Å². The highest BCUT2D eigenvalue weighted by molar-refractivity contribution is 14.1. The van der Waals surface area contributed by atoms with Gasteiger partial charge in [0.25, 0.3) is 10.0 Å². The molecule has 0 saturated carbocycles. The lowest BCUT2D eigenvalue weighted by atomic mass is 10.3. The molecule has 106 valence electrons. The van der Waals surface area contributed by atoms with Gasteiger partial charge in [0.15, 0.2) is 11.6 Å². The summed E-state index contributed by atoms with van der Waals surface area (Å²) in [6.45, 7) is 0. The molecule has 1 N–H and O–H groups in total. The summed E-state index contributed by atoms with van der Waals surface area (Å²) in [6.07, 6.45) is 0. The van der Waals surface area contributed by atoms with Crippen LogP contribution < -0.4 is 4.72 Å². The van der Waals surface area contributed by atoms with Gasteiger partial charge < -0.3 is 0 Å². The Morgan fingerprint density at radius 2 is 1.65 bits per heavy atom. The lowest BCUT2D eigenvalue weighted by Gasteiger charge is -2.10. The number of anilines is 1. The Labute approximate surface area is 127 Å². The average Bonchev–Trinajstić information content (AvgIpc) is 2.36. The highest BCUT2D eigenvalue weighted by Gasteiger charge is 2.17. The van der Waals surface area contributed by atoms with Gasteiger partial charge >= 0.3 is 0 Å². The zero-order valence-electron chi connectivity index (χ0n) is 9.70. The zero-order valence-corrected chi connectivity index (χ0v) is 12.7. The summed E-state index contributed by atoms with van der Waals surface area (Å²) in [5.74, 6) is -2.91. The fourth-order valence-corrected chi connectivity index (χ4v) is 3.31. The number of hydrogen-bond acceptors (Lipinski definition) is 2. The van der Waals surface area contributed by atoms with Crippen LogP contribution in [0.15, 0.2) is 41.3 Å². The quantitative estimate of drug-likeness (QED) is 0.784. The lowest BCUT2D eigenvalue weighted by Crippen LogP contribution is -2.14. The molecular formula is C12H7F3INO2S. The van der Waals surface area contributed by atoms with Crippen molar-refractivity contribution < 1.29 is 21.6 Å². The highest BCUT2D eigenvalue weighted by atomic mass is 127. The minimum absolute atomic E-state index is 0.150. The predicted octanol–water partition coefficient (Wildman–Crippen LogP) is 3.51. The largest absolute Gasteiger partial charge is 0.279 e. The van der Waals surface area contributed by atoms with Crippen LogP contribution >= 0.6 is 22.6 Å². The van der Waals surface area contributed by atoms with Crippen molar-refractivity contribution in [1.82, 2.24) is 0 Å². The molecule has 0 aliphatic rings. The van der Waals surface area contributed by atoms with Gasteiger partial charge in [0, 0.05) is 3.57 Å². The van der Waals surface area contributed by atoms with E-state index in [1.54, 1.807) is 22.6 Å². The van der Waals surface area contributed by atoms with E-state index in [1.165, 1.54) is 6.07 Å². The van der Waals surface area contributed by atoms with E-state index in [1.807, 2.05) is 0 Å². The smallest absolute Gasteiger partial charge is 0.262 e. The first-order valence-corrected chi connectivity index (χ1v) is 7.79. The van der Waals surface area contributed by atoms with Crippen molar-refractivity contribution in [2.45, 2.75) is 4.90 Å². The van der Waals surface area contributed by atoms with Crippen LogP contribution in [0.4, 0.5) is 18.9 Å². The number of hydrogen-bond donors (Lipinski definition) is 1. The first kappa shape index (κ1) is 15.1. The molecule has 0 unspecified atom stereocenters. The van der Waals surface area contributed by atoms with E-state index in [-0.39, 0.29) is 5.69 Å². The molecule has 2 rings (SSSR count). The number of halogens is 4. The fraction of sp³-hybridized carbons (Fsp3) is 0. The number of sulfonamides is 1. The molecule has 8 heteroatoms. The molecule has 0 amide bonds. The molecule has 0 aliphatic heterocycles. The number of benzene rings is 2. The Balaban J connectivity index is 2.38. The van der Waals surface area contributed by atoms with Crippen molar-refractivity contribution in [3.63, 3.8) is 0 Å². The molecule has 2 aromatic carbocycles. The topological polar surface area (TPSA) is 46.2 Å². The Morgan fingerprint density at radius 3 is 2.25 bits per heavy atom. The van der Waals surface area contributed by atoms with Gasteiger partial charge in [-0.15, -0.1) is 0 Å². The van der Waals surface area contributed by atoms with E-state index < -0.39 is 32.4 Å².